The molecule has 6 heteroatoms. The summed E-state index contributed by atoms with van der Waals surface area (Å²) in [6, 6.07) is 27.6. The second-order valence-electron chi connectivity index (χ2n) is 7.23. The maximum atomic E-state index is 12.6. The summed E-state index contributed by atoms with van der Waals surface area (Å²) in [5.41, 5.74) is 6.25. The van der Waals surface area contributed by atoms with Crippen molar-refractivity contribution in [3.05, 3.63) is 107 Å². The van der Waals surface area contributed by atoms with Crippen LogP contribution in [0.5, 0.6) is 0 Å². The Bertz CT molecular complexity index is 1350. The molecule has 0 atom stereocenters. The van der Waals surface area contributed by atoms with Crippen molar-refractivity contribution < 1.29 is 0 Å². The monoisotopic (exact) mass is 424 g/mol. The molecule has 0 saturated heterocycles. The van der Waals surface area contributed by atoms with Crippen molar-refractivity contribution in [1.82, 2.24) is 19.4 Å². The molecule has 152 valence electrons. The number of pyridine rings is 1. The zero-order valence-electron chi connectivity index (χ0n) is 16.9. The van der Waals surface area contributed by atoms with Gasteiger partial charge in [-0.05, 0) is 19.1 Å². The zero-order chi connectivity index (χ0) is 21.2. The van der Waals surface area contributed by atoms with Crippen LogP contribution < -0.4 is 5.56 Å². The van der Waals surface area contributed by atoms with E-state index in [4.69, 9.17) is 4.98 Å². The van der Waals surface area contributed by atoms with E-state index < -0.39 is 0 Å². The smallest absolute Gasteiger partial charge is 0.258 e. The SMILES string of the molecule is Cc1cccc2nc(CSc3nc(-c4ccccc4)c(-c4ccccc4)[nH]3)cc(=O)n12. The lowest BCUT2D eigenvalue weighted by Crippen LogP contribution is -2.17. The Hall–Kier alpha value is -3.64. The van der Waals surface area contributed by atoms with E-state index in [1.807, 2.05) is 61.5 Å². The Morgan fingerprint density at radius 2 is 1.58 bits per heavy atom. The van der Waals surface area contributed by atoms with E-state index in [-0.39, 0.29) is 5.56 Å². The van der Waals surface area contributed by atoms with Gasteiger partial charge in [0.25, 0.3) is 5.56 Å². The van der Waals surface area contributed by atoms with Crippen LogP contribution in [0, 0.1) is 6.92 Å². The summed E-state index contributed by atoms with van der Waals surface area (Å²) in [5.74, 6) is 0.551. The number of aryl methyl sites for hydroxylation is 1. The van der Waals surface area contributed by atoms with Crippen molar-refractivity contribution in [2.24, 2.45) is 0 Å². The van der Waals surface area contributed by atoms with Crippen molar-refractivity contribution in [3.8, 4) is 22.5 Å². The van der Waals surface area contributed by atoms with Gasteiger partial charge in [-0.3, -0.25) is 9.20 Å². The second kappa shape index (κ2) is 8.24. The molecule has 0 aliphatic carbocycles. The number of thioether (sulfide) groups is 1. The van der Waals surface area contributed by atoms with Gasteiger partial charge in [-0.25, -0.2) is 9.97 Å². The summed E-state index contributed by atoms with van der Waals surface area (Å²) in [5, 5.41) is 0.795. The Morgan fingerprint density at radius 3 is 2.32 bits per heavy atom. The normalized spacial score (nSPS) is 11.1. The average molecular weight is 425 g/mol. The molecule has 0 amide bonds. The molecular weight excluding hydrogens is 404 g/mol. The molecule has 5 aromatic rings. The Labute approximate surface area is 183 Å². The first-order valence-electron chi connectivity index (χ1n) is 10.0. The standard InChI is InChI=1S/C25H20N4OS/c1-17-9-8-14-21-26-20(15-22(30)29(17)21)16-31-25-27-23(18-10-4-2-5-11-18)24(28-25)19-12-6-3-7-13-19/h2-15H,16H2,1H3,(H,27,28). The van der Waals surface area contributed by atoms with E-state index in [0.717, 1.165) is 39.1 Å². The quantitative estimate of drug-likeness (QED) is 0.386. The molecule has 0 radical (unpaired) electrons. The van der Waals surface area contributed by atoms with Crippen LogP contribution >= 0.6 is 11.8 Å². The molecule has 0 aliphatic rings. The lowest BCUT2D eigenvalue weighted by Gasteiger charge is -2.05. The van der Waals surface area contributed by atoms with Crippen LogP contribution in [0.25, 0.3) is 28.2 Å². The summed E-state index contributed by atoms with van der Waals surface area (Å²) in [4.78, 5) is 25.5. The lowest BCUT2D eigenvalue weighted by atomic mass is 10.1. The Kier molecular flexibility index (Phi) is 5.14. The topological polar surface area (TPSA) is 63.0 Å². The minimum absolute atomic E-state index is 0.0619. The predicted octanol–water partition coefficient (Wildman–Crippen LogP) is 5.35. The molecule has 5 rings (SSSR count). The van der Waals surface area contributed by atoms with Gasteiger partial charge in [0.05, 0.1) is 17.1 Å². The first-order chi connectivity index (χ1) is 15.2. The van der Waals surface area contributed by atoms with E-state index in [1.54, 1.807) is 22.2 Å². The molecule has 0 spiro atoms. The third kappa shape index (κ3) is 3.90. The summed E-state index contributed by atoms with van der Waals surface area (Å²) in [7, 11) is 0. The molecule has 0 bridgehead atoms. The predicted molar refractivity (Wildman–Crippen MR) is 125 cm³/mol. The maximum absolute atomic E-state index is 12.6. The van der Waals surface area contributed by atoms with Crippen LogP contribution in [0.3, 0.4) is 0 Å². The zero-order valence-corrected chi connectivity index (χ0v) is 17.8. The van der Waals surface area contributed by atoms with Crippen molar-refractivity contribution in [2.45, 2.75) is 17.8 Å². The molecule has 3 heterocycles. The van der Waals surface area contributed by atoms with Crippen molar-refractivity contribution in [2.75, 3.05) is 0 Å². The van der Waals surface area contributed by atoms with E-state index in [1.165, 1.54) is 0 Å². The fraction of sp³-hybridized carbons (Fsp3) is 0.0800. The van der Waals surface area contributed by atoms with Gasteiger partial charge in [0.15, 0.2) is 5.16 Å². The number of nitrogens with zero attached hydrogens (tertiary/aromatic N) is 3. The van der Waals surface area contributed by atoms with Crippen molar-refractivity contribution in [3.63, 3.8) is 0 Å². The van der Waals surface area contributed by atoms with Crippen molar-refractivity contribution in [1.29, 1.82) is 0 Å². The van der Waals surface area contributed by atoms with Crippen LogP contribution in [-0.4, -0.2) is 19.4 Å². The third-order valence-electron chi connectivity index (χ3n) is 5.08. The van der Waals surface area contributed by atoms with Gasteiger partial charge in [-0.2, -0.15) is 0 Å². The molecule has 0 fully saturated rings. The molecule has 2 aromatic carbocycles. The first kappa shape index (κ1) is 19.3. The summed E-state index contributed by atoms with van der Waals surface area (Å²) in [6.45, 7) is 1.91. The van der Waals surface area contributed by atoms with Crippen LogP contribution in [0.4, 0.5) is 0 Å². The van der Waals surface area contributed by atoms with Gasteiger partial charge >= 0.3 is 0 Å². The molecule has 0 unspecified atom stereocenters. The summed E-state index contributed by atoms with van der Waals surface area (Å²) < 4.78 is 1.63. The number of H-pyrrole nitrogens is 1. The van der Waals surface area contributed by atoms with Crippen molar-refractivity contribution >= 4 is 17.4 Å². The van der Waals surface area contributed by atoms with E-state index in [2.05, 4.69) is 34.2 Å². The molecule has 0 aliphatic heterocycles. The largest absolute Gasteiger partial charge is 0.332 e. The van der Waals surface area contributed by atoms with Crippen LogP contribution in [-0.2, 0) is 5.75 Å². The van der Waals surface area contributed by atoms with Crippen LogP contribution in [0.15, 0.2) is 94.9 Å². The van der Waals surface area contributed by atoms with E-state index in [0.29, 0.717) is 11.4 Å². The number of fused-ring (bicyclic) bond motifs is 1. The minimum atomic E-state index is -0.0619. The third-order valence-corrected chi connectivity index (χ3v) is 5.99. The number of hydrogen-bond donors (Lipinski definition) is 1. The highest BCUT2D eigenvalue weighted by Crippen LogP contribution is 2.33. The van der Waals surface area contributed by atoms with E-state index in [9.17, 15) is 4.79 Å². The van der Waals surface area contributed by atoms with Gasteiger partial charge in [0.1, 0.15) is 5.65 Å². The van der Waals surface area contributed by atoms with Crippen LogP contribution in [0.2, 0.25) is 0 Å². The lowest BCUT2D eigenvalue weighted by molar-refractivity contribution is 0.966. The molecule has 0 saturated carbocycles. The number of aromatic amines is 1. The molecule has 1 N–H and O–H groups in total. The highest BCUT2D eigenvalue weighted by molar-refractivity contribution is 7.98. The number of aromatic nitrogens is 4. The van der Waals surface area contributed by atoms with Gasteiger partial charge in [-0.1, -0.05) is 78.5 Å². The first-order valence-corrected chi connectivity index (χ1v) is 11.0. The summed E-state index contributed by atoms with van der Waals surface area (Å²) in [6.07, 6.45) is 0. The number of rotatable bonds is 5. The fourth-order valence-electron chi connectivity index (χ4n) is 3.62. The van der Waals surface area contributed by atoms with Gasteiger partial charge in [0, 0.05) is 28.6 Å². The fourth-order valence-corrected chi connectivity index (χ4v) is 4.38. The van der Waals surface area contributed by atoms with E-state index >= 15 is 0 Å². The summed E-state index contributed by atoms with van der Waals surface area (Å²) >= 11 is 1.54. The van der Waals surface area contributed by atoms with Crippen LogP contribution in [0.1, 0.15) is 11.4 Å². The number of hydrogen-bond acceptors (Lipinski definition) is 4. The van der Waals surface area contributed by atoms with Gasteiger partial charge < -0.3 is 4.98 Å². The molecule has 5 nitrogen and oxygen atoms in total. The Balaban J connectivity index is 1.48. The number of nitrogens with one attached hydrogen (secondary N) is 1. The average Bonchev–Trinajstić information content (AvgIpc) is 3.23. The minimum Gasteiger partial charge on any atom is -0.332 e. The number of imidazole rings is 1. The molecular formula is C25H20N4OS. The number of benzene rings is 2. The van der Waals surface area contributed by atoms with Gasteiger partial charge in [0.2, 0.25) is 0 Å². The molecule has 3 aromatic heterocycles. The molecule has 31 heavy (non-hydrogen) atoms. The Morgan fingerprint density at radius 1 is 0.871 bits per heavy atom. The maximum Gasteiger partial charge on any atom is 0.258 e. The highest BCUT2D eigenvalue weighted by atomic mass is 32.2. The second-order valence-corrected chi connectivity index (χ2v) is 8.20. The highest BCUT2D eigenvalue weighted by Gasteiger charge is 2.15. The van der Waals surface area contributed by atoms with Gasteiger partial charge in [-0.15, -0.1) is 0 Å².